The number of fused-ring (bicyclic) bond motifs is 1. The predicted octanol–water partition coefficient (Wildman–Crippen LogP) is 3.56. The Morgan fingerprint density at radius 1 is 1.21 bits per heavy atom. The zero-order valence-corrected chi connectivity index (χ0v) is 18.5. The van der Waals surface area contributed by atoms with Gasteiger partial charge in [0.15, 0.2) is 15.5 Å². The molecule has 2 aromatic heterocycles. The molecular weight excluding hydrogens is 464 g/mol. The van der Waals surface area contributed by atoms with Crippen LogP contribution >= 0.6 is 0 Å². The average Bonchev–Trinajstić information content (AvgIpc) is 3.04. The second kappa shape index (κ2) is 8.08. The molecule has 3 aromatic rings. The van der Waals surface area contributed by atoms with E-state index in [1.807, 2.05) is 0 Å². The summed E-state index contributed by atoms with van der Waals surface area (Å²) in [6, 6.07) is 4.04. The molecule has 3 heterocycles. The van der Waals surface area contributed by atoms with Crippen LogP contribution in [0.25, 0.3) is 11.0 Å². The van der Waals surface area contributed by atoms with Crippen LogP contribution in [0.5, 0.6) is 0 Å². The molecule has 1 aliphatic heterocycles. The highest BCUT2D eigenvalue weighted by Crippen LogP contribution is 2.37. The minimum absolute atomic E-state index is 0.0338. The number of aryl methyl sites for hydroxylation is 1. The first-order chi connectivity index (χ1) is 15.4. The lowest BCUT2D eigenvalue weighted by Crippen LogP contribution is -2.33. The summed E-state index contributed by atoms with van der Waals surface area (Å²) in [4.78, 5) is 21.0. The van der Waals surface area contributed by atoms with Crippen molar-refractivity contribution in [2.24, 2.45) is 7.05 Å². The van der Waals surface area contributed by atoms with Crippen LogP contribution in [0.4, 0.5) is 23.4 Å². The minimum Gasteiger partial charge on any atom is -0.363 e. The van der Waals surface area contributed by atoms with Crippen molar-refractivity contribution in [2.45, 2.75) is 31.5 Å². The molecule has 1 unspecified atom stereocenters. The number of rotatable bonds is 5. The Morgan fingerprint density at radius 3 is 2.55 bits per heavy atom. The molecule has 176 valence electrons. The number of hydrogen-bond donors (Lipinski definition) is 1. The largest absolute Gasteiger partial charge is 0.363 e. The summed E-state index contributed by atoms with van der Waals surface area (Å²) in [5.74, 6) is -2.13. The summed E-state index contributed by atoms with van der Waals surface area (Å²) in [5.41, 5.74) is -4.06. The van der Waals surface area contributed by atoms with E-state index in [9.17, 15) is 26.4 Å². The summed E-state index contributed by atoms with van der Waals surface area (Å²) in [6.07, 6.45) is -2.19. The maximum absolute atomic E-state index is 15.6. The van der Waals surface area contributed by atoms with Crippen molar-refractivity contribution >= 4 is 26.7 Å². The van der Waals surface area contributed by atoms with Gasteiger partial charge in [0.1, 0.15) is 23.6 Å². The highest BCUT2D eigenvalue weighted by atomic mass is 32.2. The number of benzene rings is 1. The molecule has 0 aliphatic carbocycles. The highest BCUT2D eigenvalue weighted by Gasteiger charge is 2.46. The molecule has 0 spiro atoms. The van der Waals surface area contributed by atoms with Gasteiger partial charge in [0.25, 0.3) is 12.0 Å². The molecule has 1 saturated heterocycles. The Bertz CT molecular complexity index is 1410. The Hall–Kier alpha value is -3.02. The van der Waals surface area contributed by atoms with Crippen LogP contribution in [0.3, 0.4) is 0 Å². The van der Waals surface area contributed by atoms with E-state index in [0.717, 1.165) is 17.0 Å². The summed E-state index contributed by atoms with van der Waals surface area (Å²) >= 11 is 0. The van der Waals surface area contributed by atoms with Crippen molar-refractivity contribution in [1.82, 2.24) is 14.5 Å². The second-order valence-corrected chi connectivity index (χ2v) is 10.3. The lowest BCUT2D eigenvalue weighted by molar-refractivity contribution is 0.146. The summed E-state index contributed by atoms with van der Waals surface area (Å²) < 4.78 is 81.2. The molecule has 0 amide bonds. The van der Waals surface area contributed by atoms with Crippen LogP contribution in [0.15, 0.2) is 35.4 Å². The van der Waals surface area contributed by atoms with Crippen LogP contribution in [0.1, 0.15) is 42.5 Å². The first kappa shape index (κ1) is 23.1. The van der Waals surface area contributed by atoms with Gasteiger partial charge in [-0.2, -0.15) is 0 Å². The molecule has 1 aromatic carbocycles. The van der Waals surface area contributed by atoms with Gasteiger partial charge in [-0.25, -0.2) is 35.9 Å². The number of alkyl halides is 3. The third-order valence-corrected chi connectivity index (χ3v) is 7.58. The Morgan fingerprint density at radius 2 is 1.91 bits per heavy atom. The predicted molar refractivity (Wildman–Crippen MR) is 114 cm³/mol. The molecule has 0 bridgehead atoms. The topological polar surface area (TPSA) is 94.0 Å². The van der Waals surface area contributed by atoms with Gasteiger partial charge in [-0.3, -0.25) is 9.36 Å². The molecule has 0 saturated carbocycles. The van der Waals surface area contributed by atoms with Crippen LogP contribution in [-0.2, 0) is 22.6 Å². The van der Waals surface area contributed by atoms with Crippen LogP contribution in [0.2, 0.25) is 0 Å². The van der Waals surface area contributed by atoms with E-state index in [1.165, 1.54) is 32.2 Å². The van der Waals surface area contributed by atoms with Gasteiger partial charge in [-0.15, -0.1) is 0 Å². The zero-order chi connectivity index (χ0) is 24.1. The van der Waals surface area contributed by atoms with Crippen LogP contribution in [0, 0.1) is 5.82 Å². The monoisotopic (exact) mass is 484 g/mol. The van der Waals surface area contributed by atoms with Crippen molar-refractivity contribution in [3.63, 3.8) is 0 Å². The quantitative estimate of drug-likeness (QED) is 0.557. The van der Waals surface area contributed by atoms with Gasteiger partial charge in [0.05, 0.1) is 34.1 Å². The normalized spacial score (nSPS) is 20.9. The van der Waals surface area contributed by atoms with Gasteiger partial charge >= 0.3 is 0 Å². The van der Waals surface area contributed by atoms with Crippen molar-refractivity contribution < 1.29 is 26.0 Å². The van der Waals surface area contributed by atoms with E-state index in [4.69, 9.17) is 0 Å². The van der Waals surface area contributed by atoms with Gasteiger partial charge in [0, 0.05) is 19.0 Å². The van der Waals surface area contributed by atoms with Gasteiger partial charge in [0.2, 0.25) is 0 Å². The van der Waals surface area contributed by atoms with Crippen molar-refractivity contribution in [3.8, 4) is 0 Å². The number of aromatic nitrogens is 3. The number of nitrogens with zero attached hydrogens (tertiary/aromatic N) is 3. The first-order valence-corrected chi connectivity index (χ1v) is 11.8. The van der Waals surface area contributed by atoms with E-state index < -0.39 is 50.7 Å². The van der Waals surface area contributed by atoms with Gasteiger partial charge in [-0.05, 0) is 13.0 Å². The molecular formula is C21H20F4N4O3S. The fourth-order valence-corrected chi connectivity index (χ4v) is 5.86. The number of hydrogen-bond acceptors (Lipinski definition) is 6. The fraction of sp³-hybridized carbons (Fsp3) is 0.381. The summed E-state index contributed by atoms with van der Waals surface area (Å²) in [7, 11) is -2.27. The van der Waals surface area contributed by atoms with Crippen molar-refractivity contribution in [1.29, 1.82) is 0 Å². The SMILES string of the molecule is C[C@@H](Nc1ncnc2c1cc(C1(F)CCS(=O)(=O)C1)c(=O)n2C)c1cccc(C(F)F)c1F. The van der Waals surface area contributed by atoms with E-state index >= 15 is 4.39 Å². The molecule has 0 radical (unpaired) electrons. The number of halogens is 4. The van der Waals surface area contributed by atoms with Crippen molar-refractivity contribution in [3.05, 3.63) is 63.5 Å². The number of anilines is 1. The fourth-order valence-electron chi connectivity index (χ4n) is 4.08. The minimum atomic E-state index is -3.64. The smallest absolute Gasteiger partial charge is 0.266 e. The average molecular weight is 484 g/mol. The number of pyridine rings is 1. The van der Waals surface area contributed by atoms with E-state index in [1.54, 1.807) is 0 Å². The molecule has 2 atom stereocenters. The maximum atomic E-state index is 15.6. The van der Waals surface area contributed by atoms with Crippen LogP contribution in [-0.4, -0.2) is 34.5 Å². The summed E-state index contributed by atoms with van der Waals surface area (Å²) in [5, 5.41) is 3.11. The van der Waals surface area contributed by atoms with E-state index in [0.29, 0.717) is 0 Å². The molecule has 4 rings (SSSR count). The Balaban J connectivity index is 1.81. The number of nitrogens with one attached hydrogen (secondary N) is 1. The van der Waals surface area contributed by atoms with Crippen molar-refractivity contribution in [2.75, 3.05) is 16.8 Å². The highest BCUT2D eigenvalue weighted by molar-refractivity contribution is 7.91. The molecule has 33 heavy (non-hydrogen) atoms. The standard InChI is InChI=1S/C21H20F4N4O3S/c1-11(12-4-3-5-13(16(12)22)17(23)24)28-18-14-8-15(21(25)6-7-33(31,32)9-21)20(30)29(2)19(14)27-10-26-18/h3-5,8,10-11,17H,6-7,9H2,1-2H3,(H,26,27,28)/t11-,21?/m1/s1. The molecule has 1 N–H and O–H groups in total. The zero-order valence-electron chi connectivity index (χ0n) is 17.6. The van der Waals surface area contributed by atoms with Gasteiger partial charge < -0.3 is 5.32 Å². The molecule has 12 heteroatoms. The summed E-state index contributed by atoms with van der Waals surface area (Å²) in [6.45, 7) is 1.53. The lowest BCUT2D eigenvalue weighted by atomic mass is 9.95. The molecule has 1 aliphatic rings. The maximum Gasteiger partial charge on any atom is 0.266 e. The third-order valence-electron chi connectivity index (χ3n) is 5.86. The van der Waals surface area contributed by atoms with Crippen LogP contribution < -0.4 is 10.9 Å². The Labute approximate surface area is 186 Å². The van der Waals surface area contributed by atoms with Gasteiger partial charge in [-0.1, -0.05) is 18.2 Å². The third kappa shape index (κ3) is 4.07. The number of sulfone groups is 1. The molecule has 1 fully saturated rings. The van der Waals surface area contributed by atoms with E-state index in [2.05, 4.69) is 15.3 Å². The van der Waals surface area contributed by atoms with E-state index in [-0.39, 0.29) is 40.2 Å². The molecule has 7 nitrogen and oxygen atoms in total. The first-order valence-electron chi connectivity index (χ1n) is 10.0. The lowest BCUT2D eigenvalue weighted by Gasteiger charge is -2.21. The Kier molecular flexibility index (Phi) is 5.67. The second-order valence-electron chi connectivity index (χ2n) is 8.11.